The Morgan fingerprint density at radius 3 is 2.05 bits per heavy atom. The van der Waals surface area contributed by atoms with Gasteiger partial charge in [0.25, 0.3) is 0 Å². The molecule has 1 saturated heterocycles. The van der Waals surface area contributed by atoms with Gasteiger partial charge in [-0.25, -0.2) is 9.59 Å². The van der Waals surface area contributed by atoms with Crippen LogP contribution in [-0.4, -0.2) is 47.3 Å². The van der Waals surface area contributed by atoms with E-state index >= 15 is 0 Å². The monoisotopic (exact) mass is 300 g/mol. The topological polar surface area (TPSA) is 81.9 Å². The van der Waals surface area contributed by atoms with Gasteiger partial charge in [0, 0.05) is 6.54 Å². The molecule has 0 aromatic carbocycles. The fourth-order valence-corrected chi connectivity index (χ4v) is 2.21. The number of esters is 1. The molecule has 2 N–H and O–H groups in total. The van der Waals surface area contributed by atoms with E-state index in [2.05, 4.69) is 0 Å². The number of ether oxygens (including phenoxy) is 2. The largest absolute Gasteiger partial charge is 0.458 e. The minimum atomic E-state index is -0.618. The van der Waals surface area contributed by atoms with Crippen LogP contribution in [0.2, 0.25) is 0 Å². The van der Waals surface area contributed by atoms with E-state index in [4.69, 9.17) is 15.2 Å². The van der Waals surface area contributed by atoms with Gasteiger partial charge in [-0.3, -0.25) is 4.90 Å². The van der Waals surface area contributed by atoms with Crippen molar-refractivity contribution in [1.82, 2.24) is 4.90 Å². The van der Waals surface area contributed by atoms with E-state index in [1.165, 1.54) is 4.90 Å². The van der Waals surface area contributed by atoms with Crippen LogP contribution in [0.3, 0.4) is 0 Å². The van der Waals surface area contributed by atoms with E-state index in [-0.39, 0.29) is 5.92 Å². The molecule has 6 heteroatoms. The second-order valence-electron chi connectivity index (χ2n) is 7.52. The number of amides is 1. The van der Waals surface area contributed by atoms with E-state index in [0.29, 0.717) is 19.5 Å². The first-order chi connectivity index (χ1) is 9.43. The maximum atomic E-state index is 12.3. The van der Waals surface area contributed by atoms with Gasteiger partial charge in [0.05, 0.1) is 0 Å². The lowest BCUT2D eigenvalue weighted by Crippen LogP contribution is -2.45. The molecule has 1 amide bonds. The second kappa shape index (κ2) is 6.22. The molecule has 0 bridgehead atoms. The molecule has 1 fully saturated rings. The average Bonchev–Trinajstić information content (AvgIpc) is 2.68. The summed E-state index contributed by atoms with van der Waals surface area (Å²) in [6, 6.07) is -0.618. The summed E-state index contributed by atoms with van der Waals surface area (Å²) in [6.07, 6.45) is 0.0271. The van der Waals surface area contributed by atoms with Crippen molar-refractivity contribution in [2.75, 3.05) is 13.1 Å². The second-order valence-corrected chi connectivity index (χ2v) is 7.52. The van der Waals surface area contributed by atoms with Crippen molar-refractivity contribution in [3.63, 3.8) is 0 Å². The molecule has 1 heterocycles. The molecule has 0 radical (unpaired) electrons. The number of hydrogen-bond acceptors (Lipinski definition) is 5. The number of carbonyl (C=O) groups excluding carboxylic acids is 2. The molecule has 0 spiro atoms. The van der Waals surface area contributed by atoms with Crippen LogP contribution in [0, 0.1) is 5.92 Å². The lowest BCUT2D eigenvalue weighted by molar-refractivity contribution is -0.160. The minimum Gasteiger partial charge on any atom is -0.458 e. The molecule has 6 nitrogen and oxygen atoms in total. The van der Waals surface area contributed by atoms with Crippen molar-refractivity contribution < 1.29 is 19.1 Å². The van der Waals surface area contributed by atoms with E-state index in [1.807, 2.05) is 0 Å². The Balaban J connectivity index is 2.83. The molecule has 0 aromatic heterocycles. The van der Waals surface area contributed by atoms with Crippen LogP contribution in [0.5, 0.6) is 0 Å². The van der Waals surface area contributed by atoms with Crippen molar-refractivity contribution >= 4 is 12.1 Å². The summed E-state index contributed by atoms with van der Waals surface area (Å²) in [5.41, 5.74) is 4.50. The highest BCUT2D eigenvalue weighted by molar-refractivity contribution is 5.82. The Kier molecular flexibility index (Phi) is 5.25. The predicted molar refractivity (Wildman–Crippen MR) is 79.7 cm³/mol. The molecule has 0 aliphatic carbocycles. The fraction of sp³-hybridized carbons (Fsp3) is 0.867. The van der Waals surface area contributed by atoms with Crippen molar-refractivity contribution in [3.05, 3.63) is 0 Å². The first-order valence-electron chi connectivity index (χ1n) is 7.35. The zero-order valence-electron chi connectivity index (χ0n) is 13.9. The summed E-state index contributed by atoms with van der Waals surface area (Å²) in [4.78, 5) is 26.0. The number of likely N-dealkylation sites (tertiary alicyclic amines) is 1. The maximum Gasteiger partial charge on any atom is 0.411 e. The van der Waals surface area contributed by atoms with Crippen molar-refractivity contribution in [3.8, 4) is 0 Å². The third-order valence-corrected chi connectivity index (χ3v) is 3.03. The summed E-state index contributed by atoms with van der Waals surface area (Å²) in [5, 5.41) is 0. The van der Waals surface area contributed by atoms with Gasteiger partial charge in [-0.15, -0.1) is 0 Å². The number of rotatable bonds is 2. The zero-order chi connectivity index (χ0) is 16.4. The Labute approximate surface area is 126 Å². The molecular formula is C15H28N2O4. The van der Waals surface area contributed by atoms with Crippen LogP contribution in [0.25, 0.3) is 0 Å². The minimum absolute atomic E-state index is 0.0926. The number of hydrogen-bond donors (Lipinski definition) is 1. The number of nitrogens with zero attached hydrogens (tertiary/aromatic N) is 1. The van der Waals surface area contributed by atoms with Crippen molar-refractivity contribution in [2.45, 2.75) is 65.2 Å². The number of nitrogens with two attached hydrogens (primary N) is 1. The fourth-order valence-electron chi connectivity index (χ4n) is 2.21. The maximum absolute atomic E-state index is 12.3. The zero-order valence-corrected chi connectivity index (χ0v) is 13.9. The third kappa shape index (κ3) is 5.53. The predicted octanol–water partition coefficient (Wildman–Crippen LogP) is 1.91. The molecule has 1 aliphatic rings. The van der Waals surface area contributed by atoms with Crippen LogP contribution in [0.15, 0.2) is 0 Å². The smallest absolute Gasteiger partial charge is 0.411 e. The van der Waals surface area contributed by atoms with E-state index in [1.54, 1.807) is 41.5 Å². The van der Waals surface area contributed by atoms with Crippen molar-refractivity contribution in [2.24, 2.45) is 11.7 Å². The highest BCUT2D eigenvalue weighted by Gasteiger charge is 2.42. The summed E-state index contributed by atoms with van der Waals surface area (Å²) in [6.45, 7) is 11.7. The molecule has 1 rings (SSSR count). The van der Waals surface area contributed by atoms with E-state index in [9.17, 15) is 9.59 Å². The Bertz CT molecular complexity index is 359. The quantitative estimate of drug-likeness (QED) is 0.788. The van der Waals surface area contributed by atoms with Crippen LogP contribution in [-0.2, 0) is 14.3 Å². The highest BCUT2D eigenvalue weighted by atomic mass is 16.6. The van der Waals surface area contributed by atoms with Gasteiger partial charge in [-0.2, -0.15) is 0 Å². The van der Waals surface area contributed by atoms with Gasteiger partial charge in [0.1, 0.15) is 17.2 Å². The normalized spacial score (nSPS) is 23.1. The van der Waals surface area contributed by atoms with Gasteiger partial charge in [-0.1, -0.05) is 0 Å². The van der Waals surface area contributed by atoms with Crippen LogP contribution in [0.4, 0.5) is 4.79 Å². The summed E-state index contributed by atoms with van der Waals surface area (Å²) in [7, 11) is 0. The van der Waals surface area contributed by atoms with Gasteiger partial charge in [0.15, 0.2) is 0 Å². The third-order valence-electron chi connectivity index (χ3n) is 3.03. The molecule has 21 heavy (non-hydrogen) atoms. The lowest BCUT2D eigenvalue weighted by atomic mass is 10.1. The van der Waals surface area contributed by atoms with Gasteiger partial charge in [-0.05, 0) is 60.4 Å². The molecule has 0 saturated carbocycles. The van der Waals surface area contributed by atoms with Gasteiger partial charge >= 0.3 is 12.1 Å². The molecule has 2 atom stereocenters. The Hall–Kier alpha value is -1.30. The summed E-state index contributed by atoms with van der Waals surface area (Å²) in [5.74, 6) is -0.306. The molecule has 1 aliphatic heterocycles. The summed E-state index contributed by atoms with van der Waals surface area (Å²) < 4.78 is 10.8. The lowest BCUT2D eigenvalue weighted by Gasteiger charge is -2.29. The summed E-state index contributed by atoms with van der Waals surface area (Å²) >= 11 is 0. The van der Waals surface area contributed by atoms with E-state index < -0.39 is 29.3 Å². The van der Waals surface area contributed by atoms with Crippen LogP contribution >= 0.6 is 0 Å². The first-order valence-corrected chi connectivity index (χ1v) is 7.35. The molecule has 0 aromatic rings. The Morgan fingerprint density at radius 1 is 1.10 bits per heavy atom. The standard InChI is InChI=1S/C15H28N2O4/c1-14(2,3)20-12(18)11-7-10(8-16)9-17(11)13(19)21-15(4,5)6/h10-11H,7-9,16H2,1-6H3/t10-,11+/m1/s1. The number of carbonyl (C=O) groups is 2. The first kappa shape index (κ1) is 17.8. The van der Waals surface area contributed by atoms with Crippen LogP contribution < -0.4 is 5.73 Å². The van der Waals surface area contributed by atoms with E-state index in [0.717, 1.165) is 0 Å². The molecular weight excluding hydrogens is 272 g/mol. The molecule has 0 unspecified atom stereocenters. The highest BCUT2D eigenvalue weighted by Crippen LogP contribution is 2.27. The molecule has 122 valence electrons. The van der Waals surface area contributed by atoms with Gasteiger partial charge < -0.3 is 15.2 Å². The average molecular weight is 300 g/mol. The van der Waals surface area contributed by atoms with Crippen LogP contribution in [0.1, 0.15) is 48.0 Å². The van der Waals surface area contributed by atoms with Gasteiger partial charge in [0.2, 0.25) is 0 Å². The SMILES string of the molecule is CC(C)(C)OC(=O)[C@@H]1C[C@H](CN)CN1C(=O)OC(C)(C)C. The van der Waals surface area contributed by atoms with Crippen molar-refractivity contribution in [1.29, 1.82) is 0 Å². The Morgan fingerprint density at radius 2 is 1.62 bits per heavy atom.